The molecule has 0 bridgehead atoms. The summed E-state index contributed by atoms with van der Waals surface area (Å²) in [5, 5.41) is 21.0. The molecule has 0 unspecified atom stereocenters. The summed E-state index contributed by atoms with van der Waals surface area (Å²) < 4.78 is 0. The Labute approximate surface area is 208 Å². The van der Waals surface area contributed by atoms with Gasteiger partial charge in [-0.25, -0.2) is 0 Å². The average molecular weight is 472 g/mol. The van der Waals surface area contributed by atoms with Crippen molar-refractivity contribution >= 4 is 5.91 Å². The molecule has 6 atom stereocenters. The van der Waals surface area contributed by atoms with Crippen LogP contribution in [0.2, 0.25) is 0 Å². The number of carbonyl (C=O) groups is 1. The molecule has 2 N–H and O–H groups in total. The van der Waals surface area contributed by atoms with E-state index in [1.807, 2.05) is 19.9 Å². The Bertz CT molecular complexity index is 723. The Hall–Kier alpha value is -1.57. The lowest BCUT2D eigenvalue weighted by Crippen LogP contribution is -2.32. The summed E-state index contributed by atoms with van der Waals surface area (Å²) in [6, 6.07) is 0. The van der Waals surface area contributed by atoms with Crippen LogP contribution >= 0.6 is 0 Å². The zero-order valence-corrected chi connectivity index (χ0v) is 22.1. The standard InChI is InChI=1S/C30H49NO3/c1-5-8-13-23(4)28(32)17-16-26-27-21-24(20-25(27)22-29(26)33)14-11-12-15-30(34)31(18-9-6-2)19-10-7-3/h14,16-17,23,25-29,32-33H,6-7,9-13,15,18-22H2,1-4H3/t23-,25-,26+,27-,28+,29+/m0/s1. The molecule has 0 saturated heterocycles. The van der Waals surface area contributed by atoms with Crippen LogP contribution in [0.25, 0.3) is 0 Å². The van der Waals surface area contributed by atoms with Crippen molar-refractivity contribution < 1.29 is 15.0 Å². The Kier molecular flexibility index (Phi) is 13.0. The van der Waals surface area contributed by atoms with Gasteiger partial charge >= 0.3 is 0 Å². The molecule has 0 spiro atoms. The van der Waals surface area contributed by atoms with Crippen LogP contribution in [0.5, 0.6) is 0 Å². The highest BCUT2D eigenvalue weighted by molar-refractivity contribution is 5.76. The van der Waals surface area contributed by atoms with Gasteiger partial charge in [-0.3, -0.25) is 4.79 Å². The number of allylic oxidation sites excluding steroid dienone is 2. The van der Waals surface area contributed by atoms with E-state index >= 15 is 0 Å². The number of nitrogens with zero attached hydrogens (tertiary/aromatic N) is 1. The molecule has 0 aromatic heterocycles. The van der Waals surface area contributed by atoms with E-state index in [2.05, 4.69) is 42.7 Å². The van der Waals surface area contributed by atoms with Crippen LogP contribution in [-0.2, 0) is 4.79 Å². The summed E-state index contributed by atoms with van der Waals surface area (Å²) in [6.45, 7) is 9.99. The molecule has 2 rings (SSSR count). The first-order chi connectivity index (χ1) is 16.4. The van der Waals surface area contributed by atoms with Crippen molar-refractivity contribution in [3.8, 4) is 11.8 Å². The van der Waals surface area contributed by atoms with E-state index in [0.717, 1.165) is 70.9 Å². The highest BCUT2D eigenvalue weighted by Crippen LogP contribution is 2.50. The number of amides is 1. The highest BCUT2D eigenvalue weighted by Gasteiger charge is 2.45. The first-order valence-electron chi connectivity index (χ1n) is 13.8. The molecule has 2 saturated carbocycles. The Morgan fingerprint density at radius 2 is 1.88 bits per heavy atom. The maximum atomic E-state index is 12.7. The van der Waals surface area contributed by atoms with E-state index in [9.17, 15) is 15.0 Å². The minimum absolute atomic E-state index is 0.0969. The minimum atomic E-state index is -0.518. The van der Waals surface area contributed by atoms with Gasteiger partial charge in [-0.2, -0.15) is 0 Å². The van der Waals surface area contributed by atoms with Gasteiger partial charge in [0.2, 0.25) is 5.91 Å². The summed E-state index contributed by atoms with van der Waals surface area (Å²) in [5.74, 6) is 7.47. The normalized spacial score (nSPS) is 26.9. The van der Waals surface area contributed by atoms with Gasteiger partial charge in [0.15, 0.2) is 0 Å². The molecular weight excluding hydrogens is 422 g/mol. The third kappa shape index (κ3) is 8.90. The third-order valence-electron chi connectivity index (χ3n) is 7.77. The van der Waals surface area contributed by atoms with Crippen LogP contribution in [0.15, 0.2) is 23.8 Å². The van der Waals surface area contributed by atoms with Gasteiger partial charge < -0.3 is 15.1 Å². The molecule has 4 nitrogen and oxygen atoms in total. The van der Waals surface area contributed by atoms with E-state index in [1.54, 1.807) is 0 Å². The van der Waals surface area contributed by atoms with Crippen LogP contribution in [-0.4, -0.2) is 46.3 Å². The van der Waals surface area contributed by atoms with Crippen molar-refractivity contribution in [1.82, 2.24) is 4.90 Å². The first kappa shape index (κ1) is 28.7. The van der Waals surface area contributed by atoms with Crippen molar-refractivity contribution in [2.75, 3.05) is 13.1 Å². The average Bonchev–Trinajstić information content (AvgIpc) is 3.34. The van der Waals surface area contributed by atoms with E-state index in [1.165, 1.54) is 5.57 Å². The Morgan fingerprint density at radius 3 is 2.53 bits per heavy atom. The summed E-state index contributed by atoms with van der Waals surface area (Å²) in [6.07, 6.45) is 16.1. The monoisotopic (exact) mass is 471 g/mol. The lowest BCUT2D eigenvalue weighted by molar-refractivity contribution is -0.131. The second kappa shape index (κ2) is 15.4. The second-order valence-electron chi connectivity index (χ2n) is 10.5. The third-order valence-corrected chi connectivity index (χ3v) is 7.77. The molecule has 0 aliphatic heterocycles. The van der Waals surface area contributed by atoms with Crippen molar-refractivity contribution in [2.45, 2.75) is 111 Å². The summed E-state index contributed by atoms with van der Waals surface area (Å²) in [4.78, 5) is 14.7. The first-order valence-corrected chi connectivity index (χ1v) is 13.8. The van der Waals surface area contributed by atoms with E-state index in [-0.39, 0.29) is 17.9 Å². The lowest BCUT2D eigenvalue weighted by atomic mass is 9.89. The van der Waals surface area contributed by atoms with Gasteiger partial charge in [-0.1, -0.05) is 57.4 Å². The van der Waals surface area contributed by atoms with Crippen LogP contribution in [0.4, 0.5) is 0 Å². The number of hydrogen-bond acceptors (Lipinski definition) is 3. The van der Waals surface area contributed by atoms with Crippen LogP contribution in [0, 0.1) is 35.5 Å². The Morgan fingerprint density at radius 1 is 1.18 bits per heavy atom. The SMILES string of the molecule is CC#CC[C@H](C)[C@H](O)C=C[C@@H]1[C@H]2CC(=CCCCC(=O)N(CCCC)CCCC)C[C@H]2C[C@H]1O. The predicted molar refractivity (Wildman–Crippen MR) is 141 cm³/mol. The number of hydrogen-bond donors (Lipinski definition) is 2. The summed E-state index contributed by atoms with van der Waals surface area (Å²) in [5.41, 5.74) is 1.49. The highest BCUT2D eigenvalue weighted by atomic mass is 16.3. The van der Waals surface area contributed by atoms with Gasteiger partial charge in [0.25, 0.3) is 0 Å². The maximum Gasteiger partial charge on any atom is 0.222 e. The maximum absolute atomic E-state index is 12.7. The quantitative estimate of drug-likeness (QED) is 0.189. The molecule has 0 heterocycles. The van der Waals surface area contributed by atoms with E-state index in [0.29, 0.717) is 30.6 Å². The van der Waals surface area contributed by atoms with E-state index in [4.69, 9.17) is 0 Å². The topological polar surface area (TPSA) is 60.8 Å². The van der Waals surface area contributed by atoms with Gasteiger partial charge in [-0.15, -0.1) is 11.8 Å². The molecule has 4 heteroatoms. The van der Waals surface area contributed by atoms with Gasteiger partial charge in [0, 0.05) is 31.8 Å². The summed E-state index contributed by atoms with van der Waals surface area (Å²) in [7, 11) is 0. The van der Waals surface area contributed by atoms with Crippen molar-refractivity contribution in [1.29, 1.82) is 0 Å². The number of aliphatic hydroxyl groups is 2. The molecule has 2 aliphatic rings. The van der Waals surface area contributed by atoms with E-state index < -0.39 is 6.10 Å². The van der Waals surface area contributed by atoms with Crippen molar-refractivity contribution in [2.24, 2.45) is 23.7 Å². The molecule has 0 aromatic carbocycles. The zero-order valence-electron chi connectivity index (χ0n) is 22.1. The van der Waals surface area contributed by atoms with Crippen LogP contribution in [0.3, 0.4) is 0 Å². The van der Waals surface area contributed by atoms with Crippen LogP contribution in [0.1, 0.15) is 98.3 Å². The fourth-order valence-corrected chi connectivity index (χ4v) is 5.53. The minimum Gasteiger partial charge on any atom is -0.392 e. The van der Waals surface area contributed by atoms with Gasteiger partial charge in [-0.05, 0) is 69.6 Å². The fraction of sp³-hybridized carbons (Fsp3) is 0.767. The fourth-order valence-electron chi connectivity index (χ4n) is 5.53. The molecular formula is C30H49NO3. The molecule has 34 heavy (non-hydrogen) atoms. The zero-order chi connectivity index (χ0) is 24.9. The molecule has 1 amide bonds. The van der Waals surface area contributed by atoms with Gasteiger partial charge in [0.1, 0.15) is 0 Å². The molecule has 2 aliphatic carbocycles. The second-order valence-corrected chi connectivity index (χ2v) is 10.5. The lowest BCUT2D eigenvalue weighted by Gasteiger charge is -2.22. The van der Waals surface area contributed by atoms with Gasteiger partial charge in [0.05, 0.1) is 12.2 Å². The number of aliphatic hydroxyl groups excluding tert-OH is 2. The van der Waals surface area contributed by atoms with Crippen molar-refractivity contribution in [3.63, 3.8) is 0 Å². The molecule has 0 radical (unpaired) electrons. The largest absolute Gasteiger partial charge is 0.392 e. The smallest absolute Gasteiger partial charge is 0.222 e. The van der Waals surface area contributed by atoms with Crippen LogP contribution < -0.4 is 0 Å². The molecule has 192 valence electrons. The predicted octanol–water partition coefficient (Wildman–Crippen LogP) is 5.89. The van der Waals surface area contributed by atoms with Crippen molar-refractivity contribution in [3.05, 3.63) is 23.8 Å². The Balaban J connectivity index is 1.82. The number of rotatable bonds is 14. The number of fused-ring (bicyclic) bond motifs is 1. The number of carbonyl (C=O) groups excluding carboxylic acids is 1. The summed E-state index contributed by atoms with van der Waals surface area (Å²) >= 11 is 0. The number of unbranched alkanes of at least 4 members (excludes halogenated alkanes) is 3. The molecule has 0 aromatic rings. The molecule has 2 fully saturated rings.